The number of benzene rings is 2. The largest absolute Gasteiger partial charge is 0.370 e. The van der Waals surface area contributed by atoms with Crippen LogP contribution >= 0.6 is 0 Å². The lowest BCUT2D eigenvalue weighted by atomic mass is 9.90. The van der Waals surface area contributed by atoms with Crippen LogP contribution in [0.4, 0.5) is 11.4 Å². The average Bonchev–Trinajstić information content (AvgIpc) is 2.66. The summed E-state index contributed by atoms with van der Waals surface area (Å²) in [7, 11) is 0. The third-order valence-corrected chi connectivity index (χ3v) is 4.90. The van der Waals surface area contributed by atoms with E-state index in [2.05, 4.69) is 33.8 Å². The van der Waals surface area contributed by atoms with Crippen LogP contribution in [0, 0.1) is 5.92 Å². The SMILES string of the molecule is CC(C)CC(=O)Nc1cccc(CN=C(N)Nc2cccc3c2CCCC3)c1. The number of rotatable bonds is 6. The zero-order valence-electron chi connectivity index (χ0n) is 16.8. The molecule has 0 bridgehead atoms. The van der Waals surface area contributed by atoms with Gasteiger partial charge in [-0.3, -0.25) is 4.79 Å². The number of nitrogens with two attached hydrogens (primary N) is 1. The molecule has 148 valence electrons. The second kappa shape index (κ2) is 9.40. The molecule has 4 N–H and O–H groups in total. The molecule has 0 aromatic heterocycles. The topological polar surface area (TPSA) is 79.5 Å². The predicted molar refractivity (Wildman–Crippen MR) is 117 cm³/mol. The monoisotopic (exact) mass is 378 g/mol. The van der Waals surface area contributed by atoms with Crippen molar-refractivity contribution in [3.05, 3.63) is 59.2 Å². The highest BCUT2D eigenvalue weighted by molar-refractivity contribution is 5.93. The fourth-order valence-electron chi connectivity index (χ4n) is 3.58. The lowest BCUT2D eigenvalue weighted by molar-refractivity contribution is -0.116. The highest BCUT2D eigenvalue weighted by atomic mass is 16.1. The van der Waals surface area contributed by atoms with Crippen LogP contribution in [0.5, 0.6) is 0 Å². The van der Waals surface area contributed by atoms with Gasteiger partial charge in [-0.15, -0.1) is 0 Å². The summed E-state index contributed by atoms with van der Waals surface area (Å²) in [6.07, 6.45) is 5.21. The normalized spacial score (nSPS) is 13.9. The van der Waals surface area contributed by atoms with Crippen molar-refractivity contribution in [1.29, 1.82) is 0 Å². The Morgan fingerprint density at radius 1 is 1.11 bits per heavy atom. The zero-order chi connectivity index (χ0) is 19.9. The van der Waals surface area contributed by atoms with Crippen molar-refractivity contribution < 1.29 is 4.79 Å². The second-order valence-electron chi connectivity index (χ2n) is 7.82. The molecule has 0 spiro atoms. The first-order chi connectivity index (χ1) is 13.5. The van der Waals surface area contributed by atoms with E-state index < -0.39 is 0 Å². The third-order valence-electron chi connectivity index (χ3n) is 4.90. The summed E-state index contributed by atoms with van der Waals surface area (Å²) in [4.78, 5) is 16.4. The first-order valence-electron chi connectivity index (χ1n) is 10.1. The number of fused-ring (bicyclic) bond motifs is 1. The van der Waals surface area contributed by atoms with Crippen molar-refractivity contribution in [2.24, 2.45) is 16.6 Å². The van der Waals surface area contributed by atoms with Gasteiger partial charge in [0.25, 0.3) is 0 Å². The molecule has 1 aliphatic rings. The number of carbonyl (C=O) groups excluding carboxylic acids is 1. The molecule has 0 saturated carbocycles. The quantitative estimate of drug-likeness (QED) is 0.512. The van der Waals surface area contributed by atoms with Gasteiger partial charge < -0.3 is 16.4 Å². The lowest BCUT2D eigenvalue weighted by Gasteiger charge is -2.19. The molecule has 5 heteroatoms. The summed E-state index contributed by atoms with van der Waals surface area (Å²) >= 11 is 0. The molecule has 0 saturated heterocycles. The van der Waals surface area contributed by atoms with Crippen molar-refractivity contribution in [3.63, 3.8) is 0 Å². The van der Waals surface area contributed by atoms with Crippen molar-refractivity contribution in [2.75, 3.05) is 10.6 Å². The van der Waals surface area contributed by atoms with Gasteiger partial charge in [-0.05, 0) is 66.5 Å². The molecule has 28 heavy (non-hydrogen) atoms. The Labute approximate surface area is 167 Å². The van der Waals surface area contributed by atoms with E-state index in [0.717, 1.165) is 29.8 Å². The van der Waals surface area contributed by atoms with E-state index in [9.17, 15) is 4.79 Å². The minimum atomic E-state index is 0.0330. The number of nitrogens with one attached hydrogen (secondary N) is 2. The van der Waals surface area contributed by atoms with E-state index in [1.807, 2.05) is 38.1 Å². The molecular formula is C23H30N4O. The third kappa shape index (κ3) is 5.59. The van der Waals surface area contributed by atoms with Crippen LogP contribution < -0.4 is 16.4 Å². The van der Waals surface area contributed by atoms with E-state index in [1.165, 1.54) is 24.0 Å². The Balaban J connectivity index is 1.62. The summed E-state index contributed by atoms with van der Waals surface area (Å²) in [6, 6.07) is 14.1. The van der Waals surface area contributed by atoms with Crippen molar-refractivity contribution >= 4 is 23.2 Å². The highest BCUT2D eigenvalue weighted by Crippen LogP contribution is 2.27. The molecule has 2 aromatic carbocycles. The van der Waals surface area contributed by atoms with Gasteiger partial charge in [-0.1, -0.05) is 38.1 Å². The maximum Gasteiger partial charge on any atom is 0.224 e. The van der Waals surface area contributed by atoms with Gasteiger partial charge in [0.05, 0.1) is 6.54 Å². The van der Waals surface area contributed by atoms with E-state index >= 15 is 0 Å². The van der Waals surface area contributed by atoms with Crippen LogP contribution in [0.3, 0.4) is 0 Å². The fourth-order valence-corrected chi connectivity index (χ4v) is 3.58. The maximum atomic E-state index is 12.0. The van der Waals surface area contributed by atoms with Gasteiger partial charge in [-0.25, -0.2) is 4.99 Å². The standard InChI is InChI=1S/C23H30N4O/c1-16(2)13-22(28)26-19-10-5-7-17(14-19)15-25-23(24)27-21-12-6-9-18-8-3-4-11-20(18)21/h5-7,9-10,12,14,16H,3-4,8,11,13,15H2,1-2H3,(H,26,28)(H3,24,25,27). The summed E-state index contributed by atoms with van der Waals surface area (Å²) in [5, 5.41) is 6.21. The van der Waals surface area contributed by atoms with Crippen LogP contribution in [0.1, 0.15) is 49.8 Å². The van der Waals surface area contributed by atoms with Crippen molar-refractivity contribution in [3.8, 4) is 0 Å². The number of hydrogen-bond donors (Lipinski definition) is 3. The van der Waals surface area contributed by atoms with Crippen LogP contribution in [0.2, 0.25) is 0 Å². The minimum absolute atomic E-state index is 0.0330. The number of guanidine groups is 1. The molecule has 1 aliphatic carbocycles. The van der Waals surface area contributed by atoms with Gasteiger partial charge in [0.1, 0.15) is 0 Å². The smallest absolute Gasteiger partial charge is 0.224 e. The molecular weight excluding hydrogens is 348 g/mol. The first-order valence-corrected chi connectivity index (χ1v) is 10.1. The summed E-state index contributed by atoms with van der Waals surface area (Å²) in [5.74, 6) is 0.779. The number of aryl methyl sites for hydroxylation is 1. The van der Waals surface area contributed by atoms with Crippen LogP contribution in [-0.4, -0.2) is 11.9 Å². The van der Waals surface area contributed by atoms with Gasteiger partial charge in [0, 0.05) is 17.8 Å². The Morgan fingerprint density at radius 3 is 2.71 bits per heavy atom. The fraction of sp³-hybridized carbons (Fsp3) is 0.391. The van der Waals surface area contributed by atoms with Crippen LogP contribution in [0.15, 0.2) is 47.5 Å². The second-order valence-corrected chi connectivity index (χ2v) is 7.82. The number of hydrogen-bond acceptors (Lipinski definition) is 2. The number of nitrogens with zero attached hydrogens (tertiary/aromatic N) is 1. The number of amides is 1. The summed E-state index contributed by atoms with van der Waals surface area (Å²) in [5.41, 5.74) is 11.8. The van der Waals surface area contributed by atoms with Gasteiger partial charge in [0.15, 0.2) is 5.96 Å². The molecule has 0 atom stereocenters. The van der Waals surface area contributed by atoms with E-state index in [4.69, 9.17) is 5.73 Å². The maximum absolute atomic E-state index is 12.0. The predicted octanol–water partition coefficient (Wildman–Crippen LogP) is 4.48. The first kappa shape index (κ1) is 19.9. The molecule has 1 amide bonds. The summed E-state index contributed by atoms with van der Waals surface area (Å²) < 4.78 is 0. The van der Waals surface area contributed by atoms with Crippen LogP contribution in [0.25, 0.3) is 0 Å². The van der Waals surface area contributed by atoms with Crippen molar-refractivity contribution in [2.45, 2.75) is 52.5 Å². The summed E-state index contributed by atoms with van der Waals surface area (Å²) in [6.45, 7) is 4.52. The van der Waals surface area contributed by atoms with Gasteiger partial charge in [0.2, 0.25) is 5.91 Å². The van der Waals surface area contributed by atoms with Gasteiger partial charge >= 0.3 is 0 Å². The zero-order valence-corrected chi connectivity index (χ0v) is 16.8. The number of anilines is 2. The molecule has 0 radical (unpaired) electrons. The average molecular weight is 379 g/mol. The molecule has 0 heterocycles. The molecule has 5 nitrogen and oxygen atoms in total. The Morgan fingerprint density at radius 2 is 1.89 bits per heavy atom. The Hall–Kier alpha value is -2.82. The Bertz CT molecular complexity index is 857. The van der Waals surface area contributed by atoms with Crippen LogP contribution in [-0.2, 0) is 24.2 Å². The highest BCUT2D eigenvalue weighted by Gasteiger charge is 2.13. The molecule has 2 aromatic rings. The molecule has 0 unspecified atom stereocenters. The van der Waals surface area contributed by atoms with Gasteiger partial charge in [-0.2, -0.15) is 0 Å². The molecule has 0 fully saturated rings. The minimum Gasteiger partial charge on any atom is -0.370 e. The van der Waals surface area contributed by atoms with E-state index in [1.54, 1.807) is 0 Å². The van der Waals surface area contributed by atoms with E-state index in [0.29, 0.717) is 24.8 Å². The molecule has 0 aliphatic heterocycles. The molecule has 3 rings (SSSR count). The number of carbonyl (C=O) groups is 1. The lowest BCUT2D eigenvalue weighted by Crippen LogP contribution is -2.24. The Kier molecular flexibility index (Phi) is 6.69. The number of aliphatic imine (C=N–C) groups is 1. The van der Waals surface area contributed by atoms with E-state index in [-0.39, 0.29) is 5.91 Å². The van der Waals surface area contributed by atoms with Crippen molar-refractivity contribution in [1.82, 2.24) is 0 Å².